The summed E-state index contributed by atoms with van der Waals surface area (Å²) in [4.78, 5) is 0. The number of nitrogens with two attached hydrogens (primary N) is 1. The zero-order chi connectivity index (χ0) is 8.97. The van der Waals surface area contributed by atoms with Crippen LogP contribution in [0.2, 0.25) is 0 Å². The molecule has 0 fully saturated rings. The molecule has 0 unspecified atom stereocenters. The van der Waals surface area contributed by atoms with Crippen molar-refractivity contribution in [1.82, 2.24) is 0 Å². The van der Waals surface area contributed by atoms with Crippen molar-refractivity contribution in [3.63, 3.8) is 0 Å². The Balaban J connectivity index is 3.03. The van der Waals surface area contributed by atoms with Gasteiger partial charge in [-0.2, -0.15) is 0 Å². The Kier molecular flexibility index (Phi) is 2.64. The zero-order valence-electron chi connectivity index (χ0n) is 7.04. The standard InChI is InChI=1S/C10H12N2/c1-8-3-2-4-9(7-8)10(12)5-6-11/h2-7,11H,12H2,1H3. The second-order valence-corrected chi connectivity index (χ2v) is 2.66. The first kappa shape index (κ1) is 8.53. The summed E-state index contributed by atoms with van der Waals surface area (Å²) in [6.07, 6.45) is 2.77. The van der Waals surface area contributed by atoms with E-state index in [1.54, 1.807) is 6.08 Å². The number of nitrogens with one attached hydrogen (secondary N) is 1. The van der Waals surface area contributed by atoms with Crippen LogP contribution in [0.4, 0.5) is 0 Å². The molecule has 0 saturated carbocycles. The highest BCUT2D eigenvalue weighted by Gasteiger charge is 1.93. The summed E-state index contributed by atoms with van der Waals surface area (Å²) in [5.74, 6) is 0. The molecule has 0 heterocycles. The molecule has 1 aromatic carbocycles. The molecule has 0 bridgehead atoms. The van der Waals surface area contributed by atoms with Gasteiger partial charge in [0.2, 0.25) is 0 Å². The predicted molar refractivity (Wildman–Crippen MR) is 52.1 cm³/mol. The van der Waals surface area contributed by atoms with Crippen LogP contribution in [-0.2, 0) is 0 Å². The average Bonchev–Trinajstić information content (AvgIpc) is 2.05. The maximum atomic E-state index is 6.85. The molecule has 3 N–H and O–H groups in total. The number of hydrogen-bond donors (Lipinski definition) is 2. The summed E-state index contributed by atoms with van der Waals surface area (Å²) in [5, 5.41) is 6.85. The summed E-state index contributed by atoms with van der Waals surface area (Å²) >= 11 is 0. The Labute approximate surface area is 72.2 Å². The third-order valence-corrected chi connectivity index (χ3v) is 1.61. The van der Waals surface area contributed by atoms with E-state index in [4.69, 9.17) is 11.1 Å². The molecular formula is C10H12N2. The van der Waals surface area contributed by atoms with Gasteiger partial charge in [-0.3, -0.25) is 0 Å². The Hall–Kier alpha value is -1.57. The highest BCUT2D eigenvalue weighted by molar-refractivity contribution is 5.81. The first-order valence-corrected chi connectivity index (χ1v) is 3.77. The van der Waals surface area contributed by atoms with Crippen molar-refractivity contribution < 1.29 is 0 Å². The van der Waals surface area contributed by atoms with Crippen molar-refractivity contribution in [3.8, 4) is 0 Å². The normalized spacial score (nSPS) is 11.2. The number of aryl methyl sites for hydroxylation is 1. The van der Waals surface area contributed by atoms with E-state index in [9.17, 15) is 0 Å². The Morgan fingerprint density at radius 3 is 2.83 bits per heavy atom. The van der Waals surface area contributed by atoms with E-state index in [0.29, 0.717) is 5.70 Å². The monoisotopic (exact) mass is 160 g/mol. The van der Waals surface area contributed by atoms with Crippen molar-refractivity contribution in [1.29, 1.82) is 5.41 Å². The fraction of sp³-hybridized carbons (Fsp3) is 0.100. The van der Waals surface area contributed by atoms with Gasteiger partial charge in [-0.25, -0.2) is 0 Å². The fourth-order valence-corrected chi connectivity index (χ4v) is 1.01. The molecule has 0 spiro atoms. The van der Waals surface area contributed by atoms with Gasteiger partial charge in [0.15, 0.2) is 0 Å². The highest BCUT2D eigenvalue weighted by atomic mass is 14.6. The number of rotatable bonds is 2. The van der Waals surface area contributed by atoms with Crippen LogP contribution in [0.5, 0.6) is 0 Å². The van der Waals surface area contributed by atoms with Gasteiger partial charge in [-0.1, -0.05) is 23.8 Å². The van der Waals surface area contributed by atoms with Crippen LogP contribution in [0, 0.1) is 12.3 Å². The molecule has 0 atom stereocenters. The minimum Gasteiger partial charge on any atom is -0.398 e. The van der Waals surface area contributed by atoms with Crippen molar-refractivity contribution in [3.05, 3.63) is 41.5 Å². The van der Waals surface area contributed by atoms with Crippen molar-refractivity contribution >= 4 is 11.9 Å². The maximum absolute atomic E-state index is 6.85. The van der Waals surface area contributed by atoms with E-state index < -0.39 is 0 Å². The lowest BCUT2D eigenvalue weighted by molar-refractivity contribution is 1.42. The van der Waals surface area contributed by atoms with Crippen LogP contribution in [0.1, 0.15) is 11.1 Å². The Morgan fingerprint density at radius 1 is 1.50 bits per heavy atom. The Morgan fingerprint density at radius 2 is 2.25 bits per heavy atom. The second-order valence-electron chi connectivity index (χ2n) is 2.66. The van der Waals surface area contributed by atoms with Gasteiger partial charge in [0.25, 0.3) is 0 Å². The molecule has 1 aromatic rings. The molecule has 0 aliphatic rings. The summed E-state index contributed by atoms with van der Waals surface area (Å²) in [6.45, 7) is 2.02. The number of hydrogen-bond acceptors (Lipinski definition) is 2. The van der Waals surface area contributed by atoms with Crippen LogP contribution >= 0.6 is 0 Å². The van der Waals surface area contributed by atoms with Gasteiger partial charge in [0, 0.05) is 11.9 Å². The first-order valence-electron chi connectivity index (χ1n) is 3.77. The minimum atomic E-state index is 0.633. The second kappa shape index (κ2) is 3.72. The molecule has 0 radical (unpaired) electrons. The Bertz CT molecular complexity index is 313. The van der Waals surface area contributed by atoms with Crippen molar-refractivity contribution in [2.24, 2.45) is 5.73 Å². The van der Waals surface area contributed by atoms with E-state index in [1.165, 1.54) is 11.8 Å². The molecule has 2 heteroatoms. The molecule has 2 nitrogen and oxygen atoms in total. The van der Waals surface area contributed by atoms with Gasteiger partial charge in [-0.05, 0) is 24.6 Å². The van der Waals surface area contributed by atoms with E-state index >= 15 is 0 Å². The zero-order valence-corrected chi connectivity index (χ0v) is 7.04. The summed E-state index contributed by atoms with van der Waals surface area (Å²) in [6, 6.07) is 7.90. The van der Waals surface area contributed by atoms with Crippen LogP contribution in [0.3, 0.4) is 0 Å². The predicted octanol–water partition coefficient (Wildman–Crippen LogP) is 1.94. The fourth-order valence-electron chi connectivity index (χ4n) is 1.01. The molecule has 0 amide bonds. The lowest BCUT2D eigenvalue weighted by Gasteiger charge is -2.00. The van der Waals surface area contributed by atoms with Crippen molar-refractivity contribution in [2.45, 2.75) is 6.92 Å². The minimum absolute atomic E-state index is 0.633. The SMILES string of the molecule is Cc1cccc(C(N)=CC=N)c1. The van der Waals surface area contributed by atoms with Crippen LogP contribution in [0.25, 0.3) is 5.70 Å². The maximum Gasteiger partial charge on any atom is 0.0402 e. The molecule has 62 valence electrons. The molecule has 1 rings (SSSR count). The van der Waals surface area contributed by atoms with Gasteiger partial charge in [0.1, 0.15) is 0 Å². The summed E-state index contributed by atoms with van der Waals surface area (Å²) in [5.41, 5.74) is 8.46. The molecular weight excluding hydrogens is 148 g/mol. The van der Waals surface area contributed by atoms with E-state index in [0.717, 1.165) is 5.56 Å². The largest absolute Gasteiger partial charge is 0.398 e. The topological polar surface area (TPSA) is 49.9 Å². The molecule has 0 aromatic heterocycles. The molecule has 12 heavy (non-hydrogen) atoms. The highest BCUT2D eigenvalue weighted by Crippen LogP contribution is 2.09. The average molecular weight is 160 g/mol. The van der Waals surface area contributed by atoms with E-state index in [1.807, 2.05) is 31.2 Å². The first-order chi connectivity index (χ1) is 5.74. The lowest BCUT2D eigenvalue weighted by Crippen LogP contribution is -1.96. The van der Waals surface area contributed by atoms with Gasteiger partial charge in [-0.15, -0.1) is 0 Å². The van der Waals surface area contributed by atoms with Crippen LogP contribution < -0.4 is 5.73 Å². The molecule has 0 aliphatic heterocycles. The molecule has 0 aliphatic carbocycles. The lowest BCUT2D eigenvalue weighted by atomic mass is 10.1. The third kappa shape index (κ3) is 1.95. The van der Waals surface area contributed by atoms with Crippen LogP contribution in [-0.4, -0.2) is 6.21 Å². The van der Waals surface area contributed by atoms with Crippen LogP contribution in [0.15, 0.2) is 30.3 Å². The van der Waals surface area contributed by atoms with E-state index in [-0.39, 0.29) is 0 Å². The number of allylic oxidation sites excluding steroid dienone is 1. The van der Waals surface area contributed by atoms with Gasteiger partial charge < -0.3 is 11.1 Å². The van der Waals surface area contributed by atoms with E-state index in [2.05, 4.69) is 0 Å². The number of benzene rings is 1. The smallest absolute Gasteiger partial charge is 0.0402 e. The van der Waals surface area contributed by atoms with Gasteiger partial charge >= 0.3 is 0 Å². The summed E-state index contributed by atoms with van der Waals surface area (Å²) in [7, 11) is 0. The van der Waals surface area contributed by atoms with Crippen molar-refractivity contribution in [2.75, 3.05) is 0 Å². The quantitative estimate of drug-likeness (QED) is 0.638. The summed E-state index contributed by atoms with van der Waals surface area (Å²) < 4.78 is 0. The van der Waals surface area contributed by atoms with Gasteiger partial charge in [0.05, 0.1) is 0 Å². The third-order valence-electron chi connectivity index (χ3n) is 1.61. The molecule has 0 saturated heterocycles.